The summed E-state index contributed by atoms with van der Waals surface area (Å²) in [4.78, 5) is 10.9. The number of nitrogens with zero attached hydrogens (tertiary/aromatic N) is 3. The molecule has 5 heteroatoms. The molecule has 1 aliphatic carbocycles. The quantitative estimate of drug-likeness (QED) is 0.783. The van der Waals surface area contributed by atoms with Crippen LogP contribution in [0.2, 0.25) is 0 Å². The molecule has 1 heterocycles. The molecule has 1 fully saturated rings. The van der Waals surface area contributed by atoms with E-state index in [1.807, 2.05) is 6.07 Å². The van der Waals surface area contributed by atoms with Gasteiger partial charge in [0, 0.05) is 24.0 Å². The molecule has 0 aliphatic heterocycles. The van der Waals surface area contributed by atoms with Crippen LogP contribution in [-0.4, -0.2) is 35.0 Å². The number of ether oxygens (including phenoxy) is 1. The number of halogens is 1. The third-order valence-electron chi connectivity index (χ3n) is 3.47. The van der Waals surface area contributed by atoms with Crippen LogP contribution in [0.3, 0.4) is 0 Å². The number of methoxy groups -OCH3 is 1. The van der Waals surface area contributed by atoms with Gasteiger partial charge in [0.25, 0.3) is 0 Å². The van der Waals surface area contributed by atoms with Crippen molar-refractivity contribution in [1.82, 2.24) is 9.97 Å². The summed E-state index contributed by atoms with van der Waals surface area (Å²) in [5.74, 6) is 1.61. The Labute approximate surface area is 117 Å². The molecule has 1 aromatic heterocycles. The number of aromatic nitrogens is 2. The molecule has 0 atom stereocenters. The Bertz CT molecular complexity index is 369. The highest BCUT2D eigenvalue weighted by molar-refractivity contribution is 9.09. The topological polar surface area (TPSA) is 38.2 Å². The molecule has 1 saturated carbocycles. The van der Waals surface area contributed by atoms with Crippen molar-refractivity contribution in [2.24, 2.45) is 0 Å². The van der Waals surface area contributed by atoms with Crippen molar-refractivity contribution in [3.63, 3.8) is 0 Å². The lowest BCUT2D eigenvalue weighted by molar-refractivity contribution is 0.394. The van der Waals surface area contributed by atoms with Gasteiger partial charge >= 0.3 is 0 Å². The first-order chi connectivity index (χ1) is 8.85. The molecular weight excluding hydrogens is 294 g/mol. The number of hydrogen-bond donors (Lipinski definition) is 0. The van der Waals surface area contributed by atoms with Crippen LogP contribution in [0.4, 0.5) is 5.82 Å². The Hall–Kier alpha value is -0.840. The lowest BCUT2D eigenvalue weighted by atomic mass is 9.94. The fourth-order valence-electron chi connectivity index (χ4n) is 2.57. The molecule has 100 valence electrons. The van der Waals surface area contributed by atoms with Crippen molar-refractivity contribution < 1.29 is 4.74 Å². The van der Waals surface area contributed by atoms with Crippen LogP contribution in [0.1, 0.15) is 32.1 Å². The average Bonchev–Trinajstić information content (AvgIpc) is 2.46. The Morgan fingerprint density at radius 1 is 1.33 bits per heavy atom. The molecule has 2 rings (SSSR count). The highest BCUT2D eigenvalue weighted by Crippen LogP contribution is 2.27. The summed E-state index contributed by atoms with van der Waals surface area (Å²) >= 11 is 3.53. The third kappa shape index (κ3) is 3.34. The fraction of sp³-hybridized carbons (Fsp3) is 0.692. The zero-order valence-electron chi connectivity index (χ0n) is 10.8. The van der Waals surface area contributed by atoms with Crippen LogP contribution in [0, 0.1) is 0 Å². The Morgan fingerprint density at radius 3 is 2.78 bits per heavy atom. The summed E-state index contributed by atoms with van der Waals surface area (Å²) < 4.78 is 5.18. The van der Waals surface area contributed by atoms with Crippen LogP contribution in [-0.2, 0) is 0 Å². The zero-order valence-corrected chi connectivity index (χ0v) is 12.4. The first-order valence-corrected chi connectivity index (χ1v) is 7.66. The van der Waals surface area contributed by atoms with Gasteiger partial charge in [0.15, 0.2) is 0 Å². The lowest BCUT2D eigenvalue weighted by Gasteiger charge is -2.34. The van der Waals surface area contributed by atoms with E-state index >= 15 is 0 Å². The lowest BCUT2D eigenvalue weighted by Crippen LogP contribution is -2.38. The molecule has 4 nitrogen and oxygen atoms in total. The first kappa shape index (κ1) is 13.6. The second-order valence-electron chi connectivity index (χ2n) is 4.59. The number of rotatable bonds is 5. The fourth-order valence-corrected chi connectivity index (χ4v) is 2.95. The van der Waals surface area contributed by atoms with E-state index in [0.29, 0.717) is 11.9 Å². The summed E-state index contributed by atoms with van der Waals surface area (Å²) in [5.41, 5.74) is 0. The second kappa shape index (κ2) is 6.92. The van der Waals surface area contributed by atoms with Crippen LogP contribution in [0.25, 0.3) is 0 Å². The van der Waals surface area contributed by atoms with E-state index in [9.17, 15) is 0 Å². The third-order valence-corrected chi connectivity index (χ3v) is 3.83. The highest BCUT2D eigenvalue weighted by atomic mass is 79.9. The molecule has 0 radical (unpaired) electrons. The van der Waals surface area contributed by atoms with Gasteiger partial charge in [-0.3, -0.25) is 0 Å². The molecule has 0 saturated heterocycles. The van der Waals surface area contributed by atoms with Crippen molar-refractivity contribution in [2.45, 2.75) is 38.1 Å². The maximum absolute atomic E-state index is 5.18. The van der Waals surface area contributed by atoms with Crippen LogP contribution < -0.4 is 9.64 Å². The minimum Gasteiger partial charge on any atom is -0.481 e. The van der Waals surface area contributed by atoms with Gasteiger partial charge in [-0.15, -0.1) is 0 Å². The zero-order chi connectivity index (χ0) is 12.8. The Morgan fingerprint density at radius 2 is 2.11 bits per heavy atom. The van der Waals surface area contributed by atoms with Gasteiger partial charge in [0.05, 0.1) is 7.11 Å². The van der Waals surface area contributed by atoms with Gasteiger partial charge in [-0.2, -0.15) is 0 Å². The summed E-state index contributed by atoms with van der Waals surface area (Å²) in [6, 6.07) is 2.54. The van der Waals surface area contributed by atoms with Gasteiger partial charge in [-0.25, -0.2) is 9.97 Å². The molecule has 0 unspecified atom stereocenters. The molecule has 18 heavy (non-hydrogen) atoms. The molecule has 0 bridgehead atoms. The second-order valence-corrected chi connectivity index (χ2v) is 5.39. The number of hydrogen-bond acceptors (Lipinski definition) is 4. The Balaban J connectivity index is 2.16. The SMILES string of the molecule is COc1cc(N(CCBr)C2CCCCC2)ncn1. The van der Waals surface area contributed by atoms with Crippen LogP contribution in [0.5, 0.6) is 5.88 Å². The molecular formula is C13H20BrN3O. The van der Waals surface area contributed by atoms with E-state index < -0.39 is 0 Å². The molecule has 0 spiro atoms. The molecule has 0 amide bonds. The van der Waals surface area contributed by atoms with Crippen molar-refractivity contribution in [3.8, 4) is 5.88 Å². The minimum absolute atomic E-state index is 0.607. The smallest absolute Gasteiger partial charge is 0.218 e. The summed E-state index contributed by atoms with van der Waals surface area (Å²) in [7, 11) is 1.64. The van der Waals surface area contributed by atoms with Crippen molar-refractivity contribution in [2.75, 3.05) is 23.9 Å². The van der Waals surface area contributed by atoms with E-state index in [1.54, 1.807) is 13.4 Å². The monoisotopic (exact) mass is 313 g/mol. The molecule has 0 aromatic carbocycles. The Kier molecular flexibility index (Phi) is 5.23. The molecule has 0 N–H and O–H groups in total. The first-order valence-electron chi connectivity index (χ1n) is 6.54. The standard InChI is InChI=1S/C13H20BrN3O/c1-18-13-9-12(15-10-16-13)17(8-7-14)11-5-3-2-4-6-11/h9-11H,2-8H2,1H3. The molecule has 1 aromatic rings. The van der Waals surface area contributed by atoms with Gasteiger partial charge in [-0.1, -0.05) is 35.2 Å². The number of anilines is 1. The van der Waals surface area contributed by atoms with E-state index in [1.165, 1.54) is 32.1 Å². The van der Waals surface area contributed by atoms with Gasteiger partial charge < -0.3 is 9.64 Å². The summed E-state index contributed by atoms with van der Waals surface area (Å²) in [6.45, 7) is 0.977. The maximum Gasteiger partial charge on any atom is 0.218 e. The van der Waals surface area contributed by atoms with E-state index in [-0.39, 0.29) is 0 Å². The van der Waals surface area contributed by atoms with E-state index in [2.05, 4.69) is 30.8 Å². The van der Waals surface area contributed by atoms with Crippen molar-refractivity contribution in [1.29, 1.82) is 0 Å². The normalized spacial score (nSPS) is 16.6. The van der Waals surface area contributed by atoms with Crippen LogP contribution in [0.15, 0.2) is 12.4 Å². The summed E-state index contributed by atoms with van der Waals surface area (Å²) in [6.07, 6.45) is 8.12. The predicted octanol–water partition coefficient (Wildman–Crippen LogP) is 3.02. The largest absolute Gasteiger partial charge is 0.481 e. The minimum atomic E-state index is 0.607. The van der Waals surface area contributed by atoms with E-state index in [0.717, 1.165) is 17.7 Å². The predicted molar refractivity (Wildman–Crippen MR) is 76.6 cm³/mol. The van der Waals surface area contributed by atoms with Gasteiger partial charge in [-0.05, 0) is 12.8 Å². The summed E-state index contributed by atoms with van der Waals surface area (Å²) in [5, 5.41) is 0.954. The van der Waals surface area contributed by atoms with Crippen molar-refractivity contribution >= 4 is 21.7 Å². The molecule has 1 aliphatic rings. The van der Waals surface area contributed by atoms with Crippen LogP contribution >= 0.6 is 15.9 Å². The van der Waals surface area contributed by atoms with Gasteiger partial charge in [0.1, 0.15) is 12.1 Å². The highest BCUT2D eigenvalue weighted by Gasteiger charge is 2.22. The van der Waals surface area contributed by atoms with Gasteiger partial charge in [0.2, 0.25) is 5.88 Å². The number of alkyl halides is 1. The van der Waals surface area contributed by atoms with E-state index in [4.69, 9.17) is 4.74 Å². The average molecular weight is 314 g/mol. The van der Waals surface area contributed by atoms with Crippen molar-refractivity contribution in [3.05, 3.63) is 12.4 Å². The maximum atomic E-state index is 5.18.